The van der Waals surface area contributed by atoms with Crippen LogP contribution in [-0.2, 0) is 5.75 Å². The van der Waals surface area contributed by atoms with Crippen LogP contribution in [0.4, 0.5) is 4.79 Å². The predicted octanol–water partition coefficient (Wildman–Crippen LogP) is 1.96. The maximum absolute atomic E-state index is 11.3. The fourth-order valence-electron chi connectivity index (χ4n) is 0.921. The summed E-state index contributed by atoms with van der Waals surface area (Å²) in [6.45, 7) is 3.63. The summed E-state index contributed by atoms with van der Waals surface area (Å²) in [4.78, 5) is 20.9. The minimum Gasteiger partial charge on any atom is -0.391 e. The average molecular weight is 253 g/mol. The van der Waals surface area contributed by atoms with Gasteiger partial charge in [-0.15, -0.1) is 18.3 Å². The number of amides is 1. The molecule has 0 saturated carbocycles. The molecule has 6 heteroatoms. The highest BCUT2D eigenvalue weighted by atomic mass is 32.2. The first-order chi connectivity index (χ1) is 8.13. The lowest BCUT2D eigenvalue weighted by molar-refractivity contribution is 0.170. The third kappa shape index (κ3) is 4.86. The van der Waals surface area contributed by atoms with Gasteiger partial charge in [-0.25, -0.2) is 9.78 Å². The van der Waals surface area contributed by atoms with Gasteiger partial charge in [0, 0.05) is 32.1 Å². The highest BCUT2D eigenvalue weighted by Crippen LogP contribution is 2.12. The van der Waals surface area contributed by atoms with Gasteiger partial charge < -0.3 is 9.64 Å². The van der Waals surface area contributed by atoms with Crippen LogP contribution in [0.5, 0.6) is 5.88 Å². The Morgan fingerprint density at radius 1 is 1.65 bits per heavy atom. The molecule has 1 amide bonds. The van der Waals surface area contributed by atoms with Gasteiger partial charge in [-0.1, -0.05) is 6.08 Å². The van der Waals surface area contributed by atoms with Crippen molar-refractivity contribution in [2.24, 2.45) is 0 Å². The Kier molecular flexibility index (Phi) is 5.48. The molecule has 0 aromatic carbocycles. The third-order valence-corrected chi connectivity index (χ3v) is 2.64. The summed E-state index contributed by atoms with van der Waals surface area (Å²) in [5, 5.41) is 0. The van der Waals surface area contributed by atoms with Crippen molar-refractivity contribution in [2.45, 2.75) is 5.75 Å². The molecule has 1 aromatic heterocycles. The van der Waals surface area contributed by atoms with Gasteiger partial charge in [-0.2, -0.15) is 4.98 Å². The van der Waals surface area contributed by atoms with Crippen LogP contribution in [0.3, 0.4) is 0 Å². The van der Waals surface area contributed by atoms with E-state index in [0.717, 1.165) is 5.75 Å². The first-order valence-electron chi connectivity index (χ1n) is 5.03. The summed E-state index contributed by atoms with van der Waals surface area (Å²) in [6, 6.07) is 1.56. The Bertz CT molecular complexity index is 396. The molecule has 0 aliphatic rings. The highest BCUT2D eigenvalue weighted by molar-refractivity contribution is 7.98. The van der Waals surface area contributed by atoms with Crippen LogP contribution in [0, 0.1) is 0 Å². The zero-order valence-electron chi connectivity index (χ0n) is 9.92. The van der Waals surface area contributed by atoms with Crippen LogP contribution in [0.2, 0.25) is 0 Å². The zero-order chi connectivity index (χ0) is 12.7. The summed E-state index contributed by atoms with van der Waals surface area (Å²) in [6.07, 6.45) is 2.95. The van der Waals surface area contributed by atoms with Crippen molar-refractivity contribution >= 4 is 17.9 Å². The molecule has 1 heterocycles. The molecule has 1 aromatic rings. The van der Waals surface area contributed by atoms with Crippen LogP contribution in [0.25, 0.3) is 0 Å². The Labute approximate surface area is 105 Å². The van der Waals surface area contributed by atoms with Crippen LogP contribution >= 0.6 is 11.8 Å². The van der Waals surface area contributed by atoms with Gasteiger partial charge in [0.1, 0.15) is 5.82 Å². The lowest BCUT2D eigenvalue weighted by atomic mass is 10.6. The number of nitrogens with zero attached hydrogens (tertiary/aromatic N) is 3. The molecule has 1 rings (SSSR count). The van der Waals surface area contributed by atoms with Crippen molar-refractivity contribution in [3.05, 3.63) is 30.7 Å². The molecule has 0 radical (unpaired) electrons. The van der Waals surface area contributed by atoms with Crippen LogP contribution in [0.15, 0.2) is 24.9 Å². The fourth-order valence-corrected chi connectivity index (χ4v) is 1.53. The predicted molar refractivity (Wildman–Crippen MR) is 68.1 cm³/mol. The first-order valence-corrected chi connectivity index (χ1v) is 6.18. The average Bonchev–Trinajstić information content (AvgIpc) is 2.30. The smallest absolute Gasteiger partial charge is 0.391 e. The monoisotopic (exact) mass is 253 g/mol. The maximum Gasteiger partial charge on any atom is 0.416 e. The van der Waals surface area contributed by atoms with E-state index in [4.69, 9.17) is 4.74 Å². The van der Waals surface area contributed by atoms with Crippen LogP contribution in [-0.4, -0.2) is 40.8 Å². The minimum atomic E-state index is -0.451. The van der Waals surface area contributed by atoms with Crippen molar-refractivity contribution < 1.29 is 9.53 Å². The van der Waals surface area contributed by atoms with Gasteiger partial charge in [-0.05, 0) is 0 Å². The number of hydrogen-bond acceptors (Lipinski definition) is 5. The summed E-state index contributed by atoms with van der Waals surface area (Å²) >= 11 is 1.65. The number of rotatable bonds is 5. The van der Waals surface area contributed by atoms with E-state index in [-0.39, 0.29) is 5.88 Å². The molecular formula is C11H15N3O2S. The fraction of sp³-hybridized carbons (Fsp3) is 0.364. The van der Waals surface area contributed by atoms with Crippen molar-refractivity contribution in [1.82, 2.24) is 14.9 Å². The molecule has 0 aliphatic carbocycles. The molecule has 92 valence electrons. The molecular weight excluding hydrogens is 238 g/mol. The Morgan fingerprint density at radius 3 is 3.06 bits per heavy atom. The lowest BCUT2D eigenvalue weighted by Crippen LogP contribution is -2.25. The Balaban J connectivity index is 2.59. The number of thioether (sulfide) groups is 1. The van der Waals surface area contributed by atoms with Crippen LogP contribution in [0.1, 0.15) is 5.82 Å². The van der Waals surface area contributed by atoms with Gasteiger partial charge in [0.15, 0.2) is 0 Å². The van der Waals surface area contributed by atoms with Crippen molar-refractivity contribution in [1.29, 1.82) is 0 Å². The van der Waals surface area contributed by atoms with E-state index in [1.165, 1.54) is 4.90 Å². The molecule has 0 bridgehead atoms. The summed E-state index contributed by atoms with van der Waals surface area (Å²) < 4.78 is 5.03. The van der Waals surface area contributed by atoms with Crippen molar-refractivity contribution in [3.63, 3.8) is 0 Å². The van der Waals surface area contributed by atoms with E-state index in [1.807, 2.05) is 6.08 Å². The van der Waals surface area contributed by atoms with Gasteiger partial charge in [0.05, 0.1) is 5.75 Å². The summed E-state index contributed by atoms with van der Waals surface area (Å²) in [5.41, 5.74) is 0. The quantitative estimate of drug-likeness (QED) is 0.593. The molecule has 0 spiro atoms. The van der Waals surface area contributed by atoms with E-state index in [9.17, 15) is 4.79 Å². The second-order valence-corrected chi connectivity index (χ2v) is 4.41. The van der Waals surface area contributed by atoms with Gasteiger partial charge >= 0.3 is 6.09 Å². The maximum atomic E-state index is 11.3. The van der Waals surface area contributed by atoms with Gasteiger partial charge in [0.2, 0.25) is 5.88 Å². The van der Waals surface area contributed by atoms with Crippen molar-refractivity contribution in [2.75, 3.05) is 19.8 Å². The zero-order valence-corrected chi connectivity index (χ0v) is 10.7. The van der Waals surface area contributed by atoms with E-state index in [1.54, 1.807) is 38.1 Å². The molecule has 0 fully saturated rings. The molecule has 0 N–H and O–H groups in total. The number of ether oxygens (including phenoxy) is 1. The topological polar surface area (TPSA) is 55.3 Å². The SMILES string of the molecule is C=CCSCc1nccc(OC(=O)N(C)C)n1. The Morgan fingerprint density at radius 2 is 2.41 bits per heavy atom. The van der Waals surface area contributed by atoms with E-state index >= 15 is 0 Å². The van der Waals surface area contributed by atoms with E-state index in [0.29, 0.717) is 11.6 Å². The number of hydrogen-bond donors (Lipinski definition) is 0. The molecule has 0 saturated heterocycles. The van der Waals surface area contributed by atoms with Gasteiger partial charge in [0.25, 0.3) is 0 Å². The second kappa shape index (κ2) is 6.90. The van der Waals surface area contributed by atoms with Crippen LogP contribution < -0.4 is 4.74 Å². The highest BCUT2D eigenvalue weighted by Gasteiger charge is 2.08. The number of aromatic nitrogens is 2. The summed E-state index contributed by atoms with van der Waals surface area (Å²) in [5.74, 6) is 2.42. The molecule has 0 unspecified atom stereocenters. The minimum absolute atomic E-state index is 0.271. The summed E-state index contributed by atoms with van der Waals surface area (Å²) in [7, 11) is 3.23. The van der Waals surface area contributed by atoms with Crippen molar-refractivity contribution in [3.8, 4) is 5.88 Å². The van der Waals surface area contributed by atoms with Gasteiger partial charge in [-0.3, -0.25) is 0 Å². The first kappa shape index (κ1) is 13.5. The standard InChI is InChI=1S/C11H15N3O2S/c1-4-7-17-8-9-12-6-5-10(13-9)16-11(15)14(2)3/h4-6H,1,7-8H2,2-3H3. The lowest BCUT2D eigenvalue weighted by Gasteiger charge is -2.10. The third-order valence-electron chi connectivity index (χ3n) is 1.70. The molecule has 0 aliphatic heterocycles. The largest absolute Gasteiger partial charge is 0.416 e. The molecule has 17 heavy (non-hydrogen) atoms. The molecule has 0 atom stereocenters. The number of carbonyl (C=O) groups is 1. The second-order valence-electron chi connectivity index (χ2n) is 3.38. The number of carbonyl (C=O) groups excluding carboxylic acids is 1. The van der Waals surface area contributed by atoms with E-state index < -0.39 is 6.09 Å². The Hall–Kier alpha value is -1.56. The van der Waals surface area contributed by atoms with E-state index in [2.05, 4.69) is 16.5 Å². The molecule has 5 nitrogen and oxygen atoms in total. The normalized spacial score (nSPS) is 9.76.